The summed E-state index contributed by atoms with van der Waals surface area (Å²) in [4.78, 5) is 10.0. The van der Waals surface area contributed by atoms with E-state index in [2.05, 4.69) is 103 Å². The van der Waals surface area contributed by atoms with E-state index in [0.29, 0.717) is 22.5 Å². The fourth-order valence-electron chi connectivity index (χ4n) is 7.44. The van der Waals surface area contributed by atoms with Crippen LogP contribution in [0.1, 0.15) is 16.7 Å². The zero-order chi connectivity index (χ0) is 37.4. The lowest BCUT2D eigenvalue weighted by atomic mass is 9.96. The highest BCUT2D eigenvalue weighted by molar-refractivity contribution is 6.20. The first kappa shape index (κ1) is 33.0. The van der Waals surface area contributed by atoms with Gasteiger partial charge in [-0.15, -0.1) is 0 Å². The van der Waals surface area contributed by atoms with Gasteiger partial charge in [0.15, 0.2) is 11.7 Å². The van der Waals surface area contributed by atoms with Gasteiger partial charge in [0.2, 0.25) is 0 Å². The molecule has 0 saturated carbocycles. The molecule has 0 aliphatic heterocycles. The number of para-hydroxylation sites is 2. The van der Waals surface area contributed by atoms with E-state index in [1.807, 2.05) is 91.1 Å². The molecule has 0 amide bonds. The molecule has 1 N–H and O–H groups in total. The topological polar surface area (TPSA) is 74.8 Å². The van der Waals surface area contributed by atoms with Crippen molar-refractivity contribution in [3.8, 4) is 33.4 Å². The molecule has 0 radical (unpaired) electrons. The number of hydrogen-bond acceptors (Lipinski definition) is 3. The van der Waals surface area contributed by atoms with Crippen molar-refractivity contribution in [3.63, 3.8) is 0 Å². The molecule has 0 aliphatic carbocycles. The zero-order valence-electron chi connectivity index (χ0n) is 30.2. The summed E-state index contributed by atoms with van der Waals surface area (Å²) in [5, 5.41) is 13.3. The number of aliphatic imine (C=N–C) groups is 2. The number of nitrogens with zero attached hydrogens (tertiary/aromatic N) is 2. The lowest BCUT2D eigenvalue weighted by Crippen LogP contribution is -2.05. The molecule has 10 rings (SSSR count). The highest BCUT2D eigenvalue weighted by atomic mass is 16.3. The molecule has 264 valence electrons. The van der Waals surface area contributed by atoms with Crippen LogP contribution in [-0.4, -0.2) is 17.9 Å². The Bertz CT molecular complexity index is 3080. The van der Waals surface area contributed by atoms with Gasteiger partial charge in [-0.25, -0.2) is 9.98 Å². The number of fused-ring (bicyclic) bond motifs is 6. The second kappa shape index (κ2) is 14.0. The lowest BCUT2D eigenvalue weighted by Gasteiger charge is -2.09. The Balaban J connectivity index is 1.11. The van der Waals surface area contributed by atoms with Gasteiger partial charge in [-0.3, -0.25) is 5.41 Å². The van der Waals surface area contributed by atoms with Crippen LogP contribution >= 0.6 is 0 Å². The van der Waals surface area contributed by atoms with E-state index in [0.717, 1.165) is 77.2 Å². The number of benzene rings is 8. The zero-order valence-corrected chi connectivity index (χ0v) is 30.2. The summed E-state index contributed by atoms with van der Waals surface area (Å²) in [5.74, 6) is 0.443. The van der Waals surface area contributed by atoms with Gasteiger partial charge in [-0.1, -0.05) is 127 Å². The highest BCUT2D eigenvalue weighted by Crippen LogP contribution is 2.35. The first-order valence-corrected chi connectivity index (χ1v) is 18.5. The Morgan fingerprint density at radius 2 is 1.00 bits per heavy atom. The lowest BCUT2D eigenvalue weighted by molar-refractivity contribution is 0.668. The Labute approximate surface area is 323 Å². The fraction of sp³-hybridized carbons (Fsp3) is 0. The smallest absolute Gasteiger partial charge is 0.165 e. The molecule has 0 aliphatic rings. The number of hydrogen-bond donors (Lipinski definition) is 1. The van der Waals surface area contributed by atoms with E-state index in [9.17, 15) is 5.41 Å². The third kappa shape index (κ3) is 6.17. The molecular formula is C51H33N3O2. The van der Waals surface area contributed by atoms with E-state index in [-0.39, 0.29) is 5.84 Å². The second-order valence-corrected chi connectivity index (χ2v) is 13.8. The van der Waals surface area contributed by atoms with Gasteiger partial charge in [-0.2, -0.15) is 0 Å². The monoisotopic (exact) mass is 719 g/mol. The van der Waals surface area contributed by atoms with Crippen LogP contribution in [0.3, 0.4) is 0 Å². The minimum atomic E-state index is 0.0729. The Kier molecular flexibility index (Phi) is 8.23. The van der Waals surface area contributed by atoms with Gasteiger partial charge in [-0.05, 0) is 99.6 Å². The van der Waals surface area contributed by atoms with Crippen molar-refractivity contribution in [2.24, 2.45) is 9.98 Å². The molecular weight excluding hydrogens is 687 g/mol. The quantitative estimate of drug-likeness (QED) is 0.137. The Morgan fingerprint density at radius 1 is 0.429 bits per heavy atom. The van der Waals surface area contributed by atoms with Crippen LogP contribution in [0.25, 0.3) is 77.3 Å². The van der Waals surface area contributed by atoms with E-state index in [1.165, 1.54) is 0 Å². The summed E-state index contributed by atoms with van der Waals surface area (Å²) >= 11 is 0. The van der Waals surface area contributed by atoms with Gasteiger partial charge >= 0.3 is 0 Å². The van der Waals surface area contributed by atoms with E-state index < -0.39 is 0 Å². The van der Waals surface area contributed by atoms with Crippen molar-refractivity contribution in [1.29, 1.82) is 5.41 Å². The standard InChI is InChI=1S/C51H33N3O2/c52-50(38-24-26-48-45(31-38)44-30-37(23-25-47(44)55-48)34-13-4-1-5-14-34)54-51(43-21-12-20-42-41-19-10-11-22-46(41)56-49(42)43)53-32-33-27-39(35-15-6-2-7-16-35)29-40(28-33)36-17-8-3-9-18-36/h1-32,52H. The molecule has 2 aromatic heterocycles. The molecule has 2 heterocycles. The Hall–Kier alpha value is -7.63. The van der Waals surface area contributed by atoms with Gasteiger partial charge in [0.05, 0.1) is 5.56 Å². The highest BCUT2D eigenvalue weighted by Gasteiger charge is 2.17. The predicted molar refractivity (Wildman–Crippen MR) is 231 cm³/mol. The second-order valence-electron chi connectivity index (χ2n) is 13.8. The van der Waals surface area contributed by atoms with Crippen molar-refractivity contribution in [3.05, 3.63) is 205 Å². The van der Waals surface area contributed by atoms with Gasteiger partial charge < -0.3 is 8.83 Å². The first-order valence-electron chi connectivity index (χ1n) is 18.5. The minimum Gasteiger partial charge on any atom is -0.456 e. The molecule has 0 bridgehead atoms. The normalized spacial score (nSPS) is 12.0. The fourth-order valence-corrected chi connectivity index (χ4v) is 7.44. The third-order valence-corrected chi connectivity index (χ3v) is 10.2. The van der Waals surface area contributed by atoms with Crippen LogP contribution in [0, 0.1) is 5.41 Å². The van der Waals surface area contributed by atoms with Crippen LogP contribution < -0.4 is 0 Å². The van der Waals surface area contributed by atoms with E-state index in [4.69, 9.17) is 18.8 Å². The van der Waals surface area contributed by atoms with Gasteiger partial charge in [0.25, 0.3) is 0 Å². The van der Waals surface area contributed by atoms with Crippen LogP contribution in [0.4, 0.5) is 0 Å². The molecule has 0 saturated heterocycles. The molecule has 5 nitrogen and oxygen atoms in total. The summed E-state index contributed by atoms with van der Waals surface area (Å²) < 4.78 is 12.7. The summed E-state index contributed by atoms with van der Waals surface area (Å²) in [5.41, 5.74) is 11.9. The molecule has 0 spiro atoms. The summed E-state index contributed by atoms with van der Waals surface area (Å²) in [6.45, 7) is 0. The van der Waals surface area contributed by atoms with Gasteiger partial charge in [0, 0.05) is 33.3 Å². The largest absolute Gasteiger partial charge is 0.456 e. The molecule has 56 heavy (non-hydrogen) atoms. The van der Waals surface area contributed by atoms with Crippen LogP contribution in [-0.2, 0) is 0 Å². The minimum absolute atomic E-state index is 0.0729. The first-order chi connectivity index (χ1) is 27.6. The van der Waals surface area contributed by atoms with Crippen molar-refractivity contribution in [2.75, 3.05) is 0 Å². The van der Waals surface area contributed by atoms with Crippen molar-refractivity contribution in [2.45, 2.75) is 0 Å². The molecule has 8 aromatic carbocycles. The van der Waals surface area contributed by atoms with Gasteiger partial charge in [0.1, 0.15) is 22.3 Å². The number of rotatable bonds is 6. The average molecular weight is 720 g/mol. The summed E-state index contributed by atoms with van der Waals surface area (Å²) in [7, 11) is 0. The summed E-state index contributed by atoms with van der Waals surface area (Å²) in [6, 6.07) is 63.5. The maximum Gasteiger partial charge on any atom is 0.165 e. The van der Waals surface area contributed by atoms with E-state index in [1.54, 1.807) is 0 Å². The number of amidine groups is 2. The molecule has 10 aromatic rings. The molecule has 0 fully saturated rings. The molecule has 0 atom stereocenters. The molecule has 0 unspecified atom stereocenters. The van der Waals surface area contributed by atoms with Crippen molar-refractivity contribution >= 4 is 61.8 Å². The number of nitrogens with one attached hydrogen (secondary N) is 1. The maximum absolute atomic E-state index is 9.39. The SMILES string of the molecule is N=C(N=C(N=Cc1cc(-c2ccccc2)cc(-c2ccccc2)c1)c1cccc2c1oc1ccccc12)c1ccc2oc3ccc(-c4ccccc4)cc3c2c1. The summed E-state index contributed by atoms with van der Waals surface area (Å²) in [6.07, 6.45) is 1.84. The Morgan fingerprint density at radius 3 is 1.70 bits per heavy atom. The van der Waals surface area contributed by atoms with Crippen LogP contribution in [0.2, 0.25) is 0 Å². The third-order valence-electron chi connectivity index (χ3n) is 10.2. The molecule has 5 heteroatoms. The van der Waals surface area contributed by atoms with Crippen LogP contribution in [0.15, 0.2) is 207 Å². The van der Waals surface area contributed by atoms with Crippen LogP contribution in [0.5, 0.6) is 0 Å². The predicted octanol–water partition coefficient (Wildman–Crippen LogP) is 13.4. The van der Waals surface area contributed by atoms with E-state index >= 15 is 0 Å². The van der Waals surface area contributed by atoms with Crippen molar-refractivity contribution in [1.82, 2.24) is 0 Å². The average Bonchev–Trinajstić information content (AvgIpc) is 3.84. The number of furan rings is 2. The van der Waals surface area contributed by atoms with Crippen molar-refractivity contribution < 1.29 is 8.83 Å². The maximum atomic E-state index is 9.39.